The fraction of sp³-hybridized carbons (Fsp3) is 0.875. The van der Waals surface area contributed by atoms with Crippen molar-refractivity contribution in [1.29, 1.82) is 5.26 Å². The van der Waals surface area contributed by atoms with Gasteiger partial charge in [-0.1, -0.05) is 13.8 Å². The highest BCUT2D eigenvalue weighted by Crippen LogP contribution is 2.07. The van der Waals surface area contributed by atoms with E-state index in [0.717, 1.165) is 0 Å². The fourth-order valence-electron chi connectivity index (χ4n) is 0.630. The maximum atomic E-state index is 8.57. The summed E-state index contributed by atoms with van der Waals surface area (Å²) in [5, 5.41) is 8.57. The van der Waals surface area contributed by atoms with Gasteiger partial charge >= 0.3 is 0 Å². The minimum absolute atomic E-state index is 0.145. The van der Waals surface area contributed by atoms with E-state index < -0.39 is 0 Å². The Morgan fingerprint density at radius 3 is 1.80 bits per heavy atom. The Morgan fingerprint density at radius 2 is 1.70 bits per heavy atom. The van der Waals surface area contributed by atoms with Crippen molar-refractivity contribution in [2.45, 2.75) is 39.9 Å². The molecule has 0 aromatic heterocycles. The van der Waals surface area contributed by atoms with Crippen molar-refractivity contribution in [1.82, 2.24) is 0 Å². The van der Waals surface area contributed by atoms with Crippen molar-refractivity contribution in [2.75, 3.05) is 0 Å². The lowest BCUT2D eigenvalue weighted by atomic mass is 10.1. The van der Waals surface area contributed by atoms with E-state index in [9.17, 15) is 0 Å². The minimum atomic E-state index is -0.250. The van der Waals surface area contributed by atoms with Gasteiger partial charge in [0.1, 0.15) is 6.10 Å². The summed E-state index contributed by atoms with van der Waals surface area (Å²) in [4.78, 5) is 0. The molecular weight excluding hydrogens is 126 g/mol. The van der Waals surface area contributed by atoms with Crippen LogP contribution < -0.4 is 0 Å². The van der Waals surface area contributed by atoms with Crippen LogP contribution >= 0.6 is 0 Å². The van der Waals surface area contributed by atoms with Crippen LogP contribution in [0.1, 0.15) is 27.7 Å². The number of rotatable bonds is 3. The van der Waals surface area contributed by atoms with E-state index in [0.29, 0.717) is 0 Å². The van der Waals surface area contributed by atoms with Crippen LogP contribution in [0.25, 0.3) is 0 Å². The van der Waals surface area contributed by atoms with Crippen LogP contribution in [-0.2, 0) is 4.74 Å². The Balaban J connectivity index is 3.75. The van der Waals surface area contributed by atoms with Gasteiger partial charge in [0.05, 0.1) is 12.2 Å². The average molecular weight is 141 g/mol. The van der Waals surface area contributed by atoms with Crippen molar-refractivity contribution in [3.63, 3.8) is 0 Å². The molecule has 0 bridgehead atoms. The quantitative estimate of drug-likeness (QED) is 0.602. The lowest BCUT2D eigenvalue weighted by Crippen LogP contribution is -2.21. The summed E-state index contributed by atoms with van der Waals surface area (Å²) in [5.74, 6) is 0.285. The minimum Gasteiger partial charge on any atom is -0.360 e. The normalized spacial score (nSPS) is 13.7. The number of nitriles is 1. The predicted molar refractivity (Wildman–Crippen MR) is 40.5 cm³/mol. The molecule has 0 aliphatic heterocycles. The van der Waals surface area contributed by atoms with Crippen LogP contribution in [0.3, 0.4) is 0 Å². The van der Waals surface area contributed by atoms with Crippen LogP contribution in [0.5, 0.6) is 0 Å². The van der Waals surface area contributed by atoms with Gasteiger partial charge in [-0.25, -0.2) is 0 Å². The van der Waals surface area contributed by atoms with Gasteiger partial charge in [-0.15, -0.1) is 0 Å². The molecule has 2 nitrogen and oxygen atoms in total. The van der Waals surface area contributed by atoms with Gasteiger partial charge in [0.2, 0.25) is 0 Å². The summed E-state index contributed by atoms with van der Waals surface area (Å²) in [6, 6.07) is 2.11. The summed E-state index contributed by atoms with van der Waals surface area (Å²) in [6.45, 7) is 7.84. The number of nitrogens with zero attached hydrogens (tertiary/aromatic N) is 1. The molecule has 1 atom stereocenters. The molecule has 0 amide bonds. The number of hydrogen-bond acceptors (Lipinski definition) is 2. The second-order valence-corrected chi connectivity index (χ2v) is 2.98. The van der Waals surface area contributed by atoms with Crippen molar-refractivity contribution in [3.8, 4) is 6.07 Å². The highest BCUT2D eigenvalue weighted by molar-refractivity contribution is 4.86. The third-order valence-electron chi connectivity index (χ3n) is 1.15. The third kappa shape index (κ3) is 3.47. The third-order valence-corrected chi connectivity index (χ3v) is 1.15. The Morgan fingerprint density at radius 1 is 1.20 bits per heavy atom. The van der Waals surface area contributed by atoms with E-state index in [4.69, 9.17) is 10.00 Å². The van der Waals surface area contributed by atoms with Gasteiger partial charge in [-0.05, 0) is 19.8 Å². The second kappa shape index (κ2) is 4.29. The lowest BCUT2D eigenvalue weighted by Gasteiger charge is -2.16. The molecule has 0 rings (SSSR count). The van der Waals surface area contributed by atoms with Crippen LogP contribution in [-0.4, -0.2) is 12.2 Å². The number of hydrogen-bond donors (Lipinski definition) is 0. The van der Waals surface area contributed by atoms with E-state index in [1.807, 2.05) is 27.7 Å². The first kappa shape index (κ1) is 9.45. The molecule has 0 radical (unpaired) electrons. The Kier molecular flexibility index (Phi) is 4.06. The molecule has 0 N–H and O–H groups in total. The summed E-state index contributed by atoms with van der Waals surface area (Å²) in [7, 11) is 0. The van der Waals surface area contributed by atoms with Gasteiger partial charge < -0.3 is 4.74 Å². The van der Waals surface area contributed by atoms with E-state index in [2.05, 4.69) is 6.07 Å². The molecule has 0 heterocycles. The molecule has 0 saturated heterocycles. The van der Waals surface area contributed by atoms with E-state index in [-0.39, 0.29) is 18.1 Å². The topological polar surface area (TPSA) is 33.0 Å². The summed E-state index contributed by atoms with van der Waals surface area (Å²) >= 11 is 0. The average Bonchev–Trinajstić information content (AvgIpc) is 1.81. The Hall–Kier alpha value is -0.550. The Labute approximate surface area is 62.8 Å². The molecule has 0 aromatic carbocycles. The predicted octanol–water partition coefficient (Wildman–Crippen LogP) is 1.96. The molecule has 2 heteroatoms. The molecule has 0 aromatic rings. The van der Waals surface area contributed by atoms with Gasteiger partial charge in [0.15, 0.2) is 0 Å². The molecule has 0 saturated carbocycles. The van der Waals surface area contributed by atoms with E-state index >= 15 is 0 Å². The van der Waals surface area contributed by atoms with Gasteiger partial charge in [-0.3, -0.25) is 0 Å². The smallest absolute Gasteiger partial charge is 0.146 e. The second-order valence-electron chi connectivity index (χ2n) is 2.98. The van der Waals surface area contributed by atoms with Crippen LogP contribution in [0, 0.1) is 17.2 Å². The van der Waals surface area contributed by atoms with Crippen LogP contribution in [0.2, 0.25) is 0 Å². The first-order chi connectivity index (χ1) is 4.57. The maximum absolute atomic E-state index is 8.57. The lowest BCUT2D eigenvalue weighted by molar-refractivity contribution is 0.0154. The SMILES string of the molecule is CC(C)OC(C#N)C(C)C. The van der Waals surface area contributed by atoms with E-state index in [1.165, 1.54) is 0 Å². The van der Waals surface area contributed by atoms with Gasteiger partial charge in [0.25, 0.3) is 0 Å². The molecule has 0 spiro atoms. The van der Waals surface area contributed by atoms with Crippen LogP contribution in [0.4, 0.5) is 0 Å². The largest absolute Gasteiger partial charge is 0.360 e. The Bertz CT molecular complexity index is 124. The molecule has 58 valence electrons. The molecular formula is C8H15NO. The van der Waals surface area contributed by atoms with Crippen molar-refractivity contribution >= 4 is 0 Å². The standard InChI is InChI=1S/C8H15NO/c1-6(2)8(5-9)10-7(3)4/h6-8H,1-4H3. The molecule has 0 aliphatic rings. The van der Waals surface area contributed by atoms with Crippen molar-refractivity contribution in [2.24, 2.45) is 5.92 Å². The van der Waals surface area contributed by atoms with E-state index in [1.54, 1.807) is 0 Å². The van der Waals surface area contributed by atoms with Crippen molar-refractivity contribution < 1.29 is 4.74 Å². The summed E-state index contributed by atoms with van der Waals surface area (Å²) in [6.07, 6.45) is -0.105. The highest BCUT2D eigenvalue weighted by Gasteiger charge is 2.13. The van der Waals surface area contributed by atoms with Gasteiger partial charge in [-0.2, -0.15) is 5.26 Å². The molecule has 10 heavy (non-hydrogen) atoms. The monoisotopic (exact) mass is 141 g/mol. The zero-order valence-electron chi connectivity index (χ0n) is 7.09. The summed E-state index contributed by atoms with van der Waals surface area (Å²) in [5.41, 5.74) is 0. The number of ether oxygens (including phenoxy) is 1. The summed E-state index contributed by atoms with van der Waals surface area (Å²) < 4.78 is 5.30. The fourth-order valence-corrected chi connectivity index (χ4v) is 0.630. The molecule has 0 fully saturated rings. The van der Waals surface area contributed by atoms with Crippen LogP contribution in [0.15, 0.2) is 0 Å². The maximum Gasteiger partial charge on any atom is 0.146 e. The molecule has 0 aliphatic carbocycles. The first-order valence-corrected chi connectivity index (χ1v) is 3.63. The zero-order valence-corrected chi connectivity index (χ0v) is 7.09. The zero-order chi connectivity index (χ0) is 8.15. The first-order valence-electron chi connectivity index (χ1n) is 3.63. The highest BCUT2D eigenvalue weighted by atomic mass is 16.5. The van der Waals surface area contributed by atoms with Crippen molar-refractivity contribution in [3.05, 3.63) is 0 Å². The molecule has 1 unspecified atom stereocenters. The van der Waals surface area contributed by atoms with Gasteiger partial charge in [0, 0.05) is 0 Å².